The summed E-state index contributed by atoms with van der Waals surface area (Å²) in [7, 11) is 0. The van der Waals surface area contributed by atoms with Gasteiger partial charge in [-0.15, -0.1) is 16.4 Å². The van der Waals surface area contributed by atoms with Gasteiger partial charge in [-0.2, -0.15) is 4.68 Å². The SMILES string of the molecule is Cc1nnnn1/C(=C/c1ccccc1)C(=O)OCc1csc(-c2ccccc2)n1. The Morgan fingerprint density at radius 1 is 1.10 bits per heavy atom. The maximum atomic E-state index is 12.8. The van der Waals surface area contributed by atoms with Gasteiger partial charge in [0.05, 0.1) is 5.69 Å². The number of nitrogens with zero attached hydrogens (tertiary/aromatic N) is 5. The van der Waals surface area contributed by atoms with E-state index in [1.54, 1.807) is 13.0 Å². The number of esters is 1. The summed E-state index contributed by atoms with van der Waals surface area (Å²) in [6.07, 6.45) is 1.70. The monoisotopic (exact) mass is 403 g/mol. The number of hydrogen-bond acceptors (Lipinski definition) is 7. The van der Waals surface area contributed by atoms with Crippen molar-refractivity contribution in [3.05, 3.63) is 83.1 Å². The van der Waals surface area contributed by atoms with Crippen LogP contribution >= 0.6 is 11.3 Å². The van der Waals surface area contributed by atoms with Crippen LogP contribution in [0.25, 0.3) is 22.3 Å². The van der Waals surface area contributed by atoms with Crippen LogP contribution < -0.4 is 0 Å². The summed E-state index contributed by atoms with van der Waals surface area (Å²) in [6.45, 7) is 1.79. The van der Waals surface area contributed by atoms with E-state index in [4.69, 9.17) is 4.74 Å². The molecule has 0 radical (unpaired) electrons. The fourth-order valence-corrected chi connectivity index (χ4v) is 3.48. The average Bonchev–Trinajstić information content (AvgIpc) is 3.41. The van der Waals surface area contributed by atoms with E-state index in [1.807, 2.05) is 66.0 Å². The molecule has 0 unspecified atom stereocenters. The molecule has 0 fully saturated rings. The Bertz CT molecular complexity index is 1140. The molecule has 0 N–H and O–H groups in total. The number of aromatic nitrogens is 5. The van der Waals surface area contributed by atoms with Crippen LogP contribution in [0.4, 0.5) is 0 Å². The summed E-state index contributed by atoms with van der Waals surface area (Å²) in [5.41, 5.74) is 2.80. The lowest BCUT2D eigenvalue weighted by Crippen LogP contribution is -2.15. The first-order valence-corrected chi connectivity index (χ1v) is 9.78. The fraction of sp³-hybridized carbons (Fsp3) is 0.0952. The molecule has 0 aliphatic heterocycles. The van der Waals surface area contributed by atoms with Gasteiger partial charge in [0.25, 0.3) is 0 Å². The molecule has 0 amide bonds. The summed E-state index contributed by atoms with van der Waals surface area (Å²) in [5.74, 6) is -0.0392. The number of carbonyl (C=O) groups excluding carboxylic acids is 1. The topological polar surface area (TPSA) is 82.8 Å². The minimum atomic E-state index is -0.529. The average molecular weight is 403 g/mol. The van der Waals surface area contributed by atoms with Gasteiger partial charge in [0, 0.05) is 10.9 Å². The molecule has 2 aromatic carbocycles. The van der Waals surface area contributed by atoms with E-state index >= 15 is 0 Å². The molecule has 29 heavy (non-hydrogen) atoms. The third-order valence-corrected chi connectivity index (χ3v) is 5.03. The van der Waals surface area contributed by atoms with E-state index in [-0.39, 0.29) is 12.3 Å². The van der Waals surface area contributed by atoms with Crippen molar-refractivity contribution in [2.75, 3.05) is 0 Å². The number of thiazole rings is 1. The lowest BCUT2D eigenvalue weighted by Gasteiger charge is -2.08. The van der Waals surface area contributed by atoms with Crippen LogP contribution in [0.3, 0.4) is 0 Å². The lowest BCUT2D eigenvalue weighted by molar-refractivity contribution is -0.138. The minimum Gasteiger partial charge on any atom is -0.454 e. The molecule has 4 rings (SSSR count). The molecule has 0 saturated heterocycles. The molecule has 0 saturated carbocycles. The Balaban J connectivity index is 1.53. The highest BCUT2D eigenvalue weighted by Crippen LogP contribution is 2.24. The molecular formula is C21H17N5O2S. The Labute approximate surface area is 171 Å². The predicted octanol–water partition coefficient (Wildman–Crippen LogP) is 3.85. The highest BCUT2D eigenvalue weighted by molar-refractivity contribution is 7.13. The molecular weight excluding hydrogens is 386 g/mol. The van der Waals surface area contributed by atoms with E-state index < -0.39 is 5.97 Å². The van der Waals surface area contributed by atoms with E-state index in [0.29, 0.717) is 11.5 Å². The highest BCUT2D eigenvalue weighted by atomic mass is 32.1. The van der Waals surface area contributed by atoms with Crippen molar-refractivity contribution in [3.8, 4) is 10.6 Å². The second-order valence-corrected chi connectivity index (χ2v) is 7.02. The summed E-state index contributed by atoms with van der Waals surface area (Å²) >= 11 is 1.51. The van der Waals surface area contributed by atoms with Gasteiger partial charge in [0.1, 0.15) is 11.6 Å². The van der Waals surface area contributed by atoms with Crippen molar-refractivity contribution >= 4 is 29.1 Å². The number of benzene rings is 2. The fourth-order valence-electron chi connectivity index (χ4n) is 2.67. The zero-order valence-corrected chi connectivity index (χ0v) is 16.4. The van der Waals surface area contributed by atoms with Crippen molar-refractivity contribution in [2.45, 2.75) is 13.5 Å². The minimum absolute atomic E-state index is 0.0650. The Morgan fingerprint density at radius 3 is 2.52 bits per heavy atom. The van der Waals surface area contributed by atoms with Gasteiger partial charge >= 0.3 is 5.97 Å². The first-order valence-electron chi connectivity index (χ1n) is 8.90. The van der Waals surface area contributed by atoms with Gasteiger partial charge in [-0.05, 0) is 29.0 Å². The van der Waals surface area contributed by atoms with Gasteiger partial charge in [-0.1, -0.05) is 60.7 Å². The van der Waals surface area contributed by atoms with Gasteiger partial charge < -0.3 is 4.74 Å². The van der Waals surface area contributed by atoms with Crippen molar-refractivity contribution < 1.29 is 9.53 Å². The second kappa shape index (κ2) is 8.57. The van der Waals surface area contributed by atoms with Crippen LogP contribution in [0.2, 0.25) is 0 Å². The number of ether oxygens (including phenoxy) is 1. The normalized spacial score (nSPS) is 11.4. The summed E-state index contributed by atoms with van der Waals surface area (Å²) < 4.78 is 6.88. The largest absolute Gasteiger partial charge is 0.454 e. The maximum Gasteiger partial charge on any atom is 0.357 e. The quantitative estimate of drug-likeness (QED) is 0.359. The molecule has 0 aliphatic carbocycles. The molecule has 144 valence electrons. The molecule has 0 spiro atoms. The summed E-state index contributed by atoms with van der Waals surface area (Å²) in [5, 5.41) is 14.2. The molecule has 0 aliphatic rings. The summed E-state index contributed by atoms with van der Waals surface area (Å²) in [4.78, 5) is 17.4. The standard InChI is InChI=1S/C21H17N5O2S/c1-15-23-24-25-26(15)19(12-16-8-4-2-5-9-16)21(27)28-13-18-14-29-20(22-18)17-10-6-3-7-11-17/h2-12,14H,13H2,1H3/b19-12+. The predicted molar refractivity (Wildman–Crippen MR) is 111 cm³/mol. The van der Waals surface area contributed by atoms with Gasteiger partial charge in [-0.25, -0.2) is 9.78 Å². The third-order valence-electron chi connectivity index (χ3n) is 4.09. The lowest BCUT2D eigenvalue weighted by atomic mass is 10.2. The Kier molecular flexibility index (Phi) is 5.53. The Morgan fingerprint density at radius 2 is 1.83 bits per heavy atom. The van der Waals surface area contributed by atoms with E-state index in [2.05, 4.69) is 20.5 Å². The van der Waals surface area contributed by atoms with Crippen LogP contribution in [0, 0.1) is 6.92 Å². The zero-order valence-electron chi connectivity index (χ0n) is 15.6. The number of hydrogen-bond donors (Lipinski definition) is 0. The van der Waals surface area contributed by atoms with E-state index in [1.165, 1.54) is 16.0 Å². The third kappa shape index (κ3) is 4.44. The highest BCUT2D eigenvalue weighted by Gasteiger charge is 2.18. The van der Waals surface area contributed by atoms with Crippen molar-refractivity contribution in [3.63, 3.8) is 0 Å². The maximum absolute atomic E-state index is 12.8. The molecule has 0 atom stereocenters. The van der Waals surface area contributed by atoms with Crippen LogP contribution in [0.15, 0.2) is 66.0 Å². The van der Waals surface area contributed by atoms with Crippen LogP contribution in [-0.4, -0.2) is 31.2 Å². The first-order chi connectivity index (χ1) is 14.2. The van der Waals surface area contributed by atoms with Gasteiger partial charge in [0.15, 0.2) is 11.5 Å². The van der Waals surface area contributed by atoms with Crippen molar-refractivity contribution in [2.24, 2.45) is 0 Å². The van der Waals surface area contributed by atoms with Crippen LogP contribution in [-0.2, 0) is 16.1 Å². The smallest absolute Gasteiger partial charge is 0.357 e. The van der Waals surface area contributed by atoms with Gasteiger partial charge in [-0.3, -0.25) is 0 Å². The zero-order chi connectivity index (χ0) is 20.1. The van der Waals surface area contributed by atoms with Crippen LogP contribution in [0.1, 0.15) is 17.1 Å². The number of tetrazole rings is 1. The van der Waals surface area contributed by atoms with Crippen LogP contribution in [0.5, 0.6) is 0 Å². The number of carbonyl (C=O) groups is 1. The number of rotatable bonds is 6. The molecule has 2 heterocycles. The molecule has 4 aromatic rings. The second-order valence-electron chi connectivity index (χ2n) is 6.16. The molecule has 0 bridgehead atoms. The van der Waals surface area contributed by atoms with Gasteiger partial charge in [0.2, 0.25) is 0 Å². The Hall–Kier alpha value is -3.65. The van der Waals surface area contributed by atoms with E-state index in [9.17, 15) is 4.79 Å². The van der Waals surface area contributed by atoms with Crippen molar-refractivity contribution in [1.82, 2.24) is 25.2 Å². The molecule has 7 nitrogen and oxygen atoms in total. The van der Waals surface area contributed by atoms with Crippen molar-refractivity contribution in [1.29, 1.82) is 0 Å². The first kappa shape index (κ1) is 18.7. The number of aryl methyl sites for hydroxylation is 1. The van der Waals surface area contributed by atoms with E-state index in [0.717, 1.165) is 16.1 Å². The molecule has 8 heteroatoms. The summed E-state index contributed by atoms with van der Waals surface area (Å²) in [6, 6.07) is 19.3. The molecule has 2 aromatic heterocycles.